The van der Waals surface area contributed by atoms with Gasteiger partial charge in [-0.25, -0.2) is 8.42 Å². The molecule has 9 heteroatoms. The van der Waals surface area contributed by atoms with Crippen molar-refractivity contribution in [1.82, 2.24) is 4.72 Å². The van der Waals surface area contributed by atoms with Crippen LogP contribution in [0.4, 0.5) is 5.69 Å². The number of sulfonamides is 1. The van der Waals surface area contributed by atoms with Crippen LogP contribution in [-0.2, 0) is 14.8 Å². The number of benzene rings is 3. The number of aliphatic carboxylic acids is 1. The van der Waals surface area contributed by atoms with Crippen molar-refractivity contribution in [2.45, 2.75) is 10.9 Å². The number of anilines is 1. The molecule has 0 spiro atoms. The summed E-state index contributed by atoms with van der Waals surface area (Å²) in [6.45, 7) is 0. The van der Waals surface area contributed by atoms with E-state index in [4.69, 9.17) is 4.74 Å². The first-order chi connectivity index (χ1) is 14.8. The highest BCUT2D eigenvalue weighted by atomic mass is 32.2. The molecule has 0 heterocycles. The maximum atomic E-state index is 12.7. The molecule has 0 saturated carbocycles. The third-order valence-corrected chi connectivity index (χ3v) is 5.87. The minimum atomic E-state index is -4.12. The molecular formula is C22H20N2O6S. The zero-order valence-corrected chi connectivity index (χ0v) is 17.3. The molecule has 1 amide bonds. The van der Waals surface area contributed by atoms with Gasteiger partial charge < -0.3 is 15.2 Å². The van der Waals surface area contributed by atoms with Gasteiger partial charge in [0.2, 0.25) is 10.0 Å². The maximum absolute atomic E-state index is 12.7. The summed E-state index contributed by atoms with van der Waals surface area (Å²) >= 11 is 0. The number of methoxy groups -OCH3 is 1. The molecule has 0 aromatic heterocycles. The number of nitrogens with one attached hydrogen (secondary N) is 2. The fourth-order valence-electron chi connectivity index (χ4n) is 2.79. The average molecular weight is 440 g/mol. The molecule has 3 aromatic rings. The van der Waals surface area contributed by atoms with Gasteiger partial charge in [-0.2, -0.15) is 4.72 Å². The van der Waals surface area contributed by atoms with E-state index in [0.717, 1.165) is 0 Å². The number of carbonyl (C=O) groups is 2. The predicted octanol–water partition coefficient (Wildman–Crippen LogP) is 3.05. The fraction of sp³-hybridized carbons (Fsp3) is 0.0909. The lowest BCUT2D eigenvalue weighted by Gasteiger charge is -2.15. The van der Waals surface area contributed by atoms with E-state index in [2.05, 4.69) is 10.0 Å². The number of carboxylic acids is 1. The second-order valence-electron chi connectivity index (χ2n) is 6.51. The number of hydrogen-bond acceptors (Lipinski definition) is 5. The van der Waals surface area contributed by atoms with E-state index in [9.17, 15) is 23.1 Å². The van der Waals surface area contributed by atoms with Crippen LogP contribution in [0.25, 0.3) is 0 Å². The molecule has 31 heavy (non-hydrogen) atoms. The molecule has 8 nitrogen and oxygen atoms in total. The normalized spacial score (nSPS) is 12.0. The lowest BCUT2D eigenvalue weighted by atomic mass is 10.1. The van der Waals surface area contributed by atoms with Gasteiger partial charge in [0, 0.05) is 11.3 Å². The lowest BCUT2D eigenvalue weighted by molar-refractivity contribution is -0.139. The summed E-state index contributed by atoms with van der Waals surface area (Å²) < 4.78 is 32.6. The van der Waals surface area contributed by atoms with Gasteiger partial charge in [-0.05, 0) is 54.1 Å². The Labute approximate surface area is 179 Å². The Kier molecular flexibility index (Phi) is 6.68. The smallest absolute Gasteiger partial charge is 0.326 e. The number of amides is 1. The molecule has 0 aliphatic rings. The third kappa shape index (κ3) is 5.47. The molecule has 3 N–H and O–H groups in total. The van der Waals surface area contributed by atoms with E-state index in [1.807, 2.05) is 0 Å². The zero-order valence-electron chi connectivity index (χ0n) is 16.5. The van der Waals surface area contributed by atoms with Crippen LogP contribution in [-0.4, -0.2) is 32.5 Å². The highest BCUT2D eigenvalue weighted by Crippen LogP contribution is 2.20. The maximum Gasteiger partial charge on any atom is 0.326 e. The Balaban J connectivity index is 1.73. The van der Waals surface area contributed by atoms with Gasteiger partial charge in [0.25, 0.3) is 5.91 Å². The van der Waals surface area contributed by atoms with Crippen LogP contribution in [0.1, 0.15) is 22.0 Å². The Bertz CT molecular complexity index is 1160. The molecule has 0 aliphatic heterocycles. The average Bonchev–Trinajstić information content (AvgIpc) is 2.78. The first-order valence-electron chi connectivity index (χ1n) is 9.16. The SMILES string of the molecule is COc1ccc(C(=O)Nc2ccc(S(=O)(=O)N[C@H](C(=O)O)c3ccccc3)cc2)cc1. The van der Waals surface area contributed by atoms with Crippen molar-refractivity contribution >= 4 is 27.6 Å². The molecule has 0 unspecified atom stereocenters. The molecule has 0 radical (unpaired) electrons. The highest BCUT2D eigenvalue weighted by Gasteiger charge is 2.26. The van der Waals surface area contributed by atoms with Crippen molar-refractivity contribution < 1.29 is 27.9 Å². The zero-order chi connectivity index (χ0) is 22.4. The Morgan fingerprint density at radius 3 is 2.06 bits per heavy atom. The molecule has 3 rings (SSSR count). The van der Waals surface area contributed by atoms with Gasteiger partial charge in [-0.3, -0.25) is 9.59 Å². The van der Waals surface area contributed by atoms with Crippen LogP contribution in [0.2, 0.25) is 0 Å². The number of ether oxygens (including phenoxy) is 1. The first-order valence-corrected chi connectivity index (χ1v) is 10.6. The number of carbonyl (C=O) groups excluding carboxylic acids is 1. The second kappa shape index (κ2) is 9.41. The molecule has 3 aromatic carbocycles. The van der Waals surface area contributed by atoms with Gasteiger partial charge in [0.1, 0.15) is 11.8 Å². The quantitative estimate of drug-likeness (QED) is 0.495. The van der Waals surface area contributed by atoms with E-state index in [1.165, 1.54) is 43.5 Å². The topological polar surface area (TPSA) is 122 Å². The van der Waals surface area contributed by atoms with Crippen molar-refractivity contribution in [3.8, 4) is 5.75 Å². The minimum absolute atomic E-state index is 0.128. The molecule has 0 bridgehead atoms. The van der Waals surface area contributed by atoms with Crippen molar-refractivity contribution in [3.05, 3.63) is 90.0 Å². The van der Waals surface area contributed by atoms with Crippen molar-refractivity contribution in [2.75, 3.05) is 12.4 Å². The largest absolute Gasteiger partial charge is 0.497 e. The summed E-state index contributed by atoms with van der Waals surface area (Å²) in [5, 5.41) is 12.1. The standard InChI is InChI=1S/C22H20N2O6S/c1-30-18-11-7-16(8-12-18)21(25)23-17-9-13-19(14-10-17)31(28,29)24-20(22(26)27)15-5-3-2-4-6-15/h2-14,20,24H,1H3,(H,23,25)(H,26,27)/t20-/m0/s1. The Morgan fingerprint density at radius 1 is 0.903 bits per heavy atom. The fourth-order valence-corrected chi connectivity index (χ4v) is 3.97. The van der Waals surface area contributed by atoms with Gasteiger partial charge in [0.15, 0.2) is 0 Å². The summed E-state index contributed by atoms with van der Waals surface area (Å²) in [5.74, 6) is -1.07. The van der Waals surface area contributed by atoms with Crippen LogP contribution in [0, 0.1) is 0 Å². The molecule has 0 aliphatic carbocycles. The van der Waals surface area contributed by atoms with E-state index < -0.39 is 22.0 Å². The Hall–Kier alpha value is -3.69. The van der Waals surface area contributed by atoms with Crippen LogP contribution in [0.3, 0.4) is 0 Å². The summed E-state index contributed by atoms with van der Waals surface area (Å²) in [5.41, 5.74) is 1.10. The summed E-state index contributed by atoms with van der Waals surface area (Å²) in [7, 11) is -2.59. The van der Waals surface area contributed by atoms with Crippen LogP contribution < -0.4 is 14.8 Å². The van der Waals surface area contributed by atoms with Crippen molar-refractivity contribution in [2.24, 2.45) is 0 Å². The van der Waals surface area contributed by atoms with Crippen LogP contribution >= 0.6 is 0 Å². The van der Waals surface area contributed by atoms with Gasteiger partial charge in [-0.1, -0.05) is 30.3 Å². The van der Waals surface area contributed by atoms with E-state index in [1.54, 1.807) is 42.5 Å². The summed E-state index contributed by atoms with van der Waals surface area (Å²) in [4.78, 5) is 23.8. The predicted molar refractivity (Wildman–Crippen MR) is 115 cm³/mol. The van der Waals surface area contributed by atoms with Crippen LogP contribution in [0.15, 0.2) is 83.8 Å². The number of rotatable bonds is 8. The number of carboxylic acid groups (broad SMARTS) is 1. The monoisotopic (exact) mass is 440 g/mol. The minimum Gasteiger partial charge on any atom is -0.497 e. The molecular weight excluding hydrogens is 420 g/mol. The first kappa shape index (κ1) is 22.0. The molecule has 160 valence electrons. The Morgan fingerprint density at radius 2 is 1.52 bits per heavy atom. The lowest BCUT2D eigenvalue weighted by Crippen LogP contribution is -2.33. The van der Waals surface area contributed by atoms with Crippen LogP contribution in [0.5, 0.6) is 5.75 Å². The van der Waals surface area contributed by atoms with E-state index in [0.29, 0.717) is 22.6 Å². The molecule has 0 fully saturated rings. The van der Waals surface area contributed by atoms with Gasteiger partial charge >= 0.3 is 5.97 Å². The molecule has 1 atom stereocenters. The van der Waals surface area contributed by atoms with E-state index in [-0.39, 0.29) is 10.8 Å². The summed E-state index contributed by atoms with van der Waals surface area (Å²) in [6.07, 6.45) is 0. The molecule has 0 saturated heterocycles. The third-order valence-electron chi connectivity index (χ3n) is 4.43. The van der Waals surface area contributed by atoms with Crippen molar-refractivity contribution in [1.29, 1.82) is 0 Å². The number of hydrogen-bond donors (Lipinski definition) is 3. The second-order valence-corrected chi connectivity index (χ2v) is 8.22. The van der Waals surface area contributed by atoms with Gasteiger partial charge in [0.05, 0.1) is 12.0 Å². The van der Waals surface area contributed by atoms with E-state index >= 15 is 0 Å². The summed E-state index contributed by atoms with van der Waals surface area (Å²) in [6, 6.07) is 18.5. The van der Waals surface area contributed by atoms with Gasteiger partial charge in [-0.15, -0.1) is 0 Å². The van der Waals surface area contributed by atoms with Crippen molar-refractivity contribution in [3.63, 3.8) is 0 Å². The highest BCUT2D eigenvalue weighted by molar-refractivity contribution is 7.89.